The molecule has 0 spiro atoms. The zero-order chi connectivity index (χ0) is 12.4. The molecule has 0 amide bonds. The molecule has 3 rings (SSSR count). The zero-order valence-corrected chi connectivity index (χ0v) is 10.8. The zero-order valence-electron chi connectivity index (χ0n) is 10.8. The molecule has 2 fully saturated rings. The van der Waals surface area contributed by atoms with Crippen molar-refractivity contribution in [3.63, 3.8) is 0 Å². The maximum Gasteiger partial charge on any atom is 0.147 e. The second-order valence-electron chi connectivity index (χ2n) is 5.37. The van der Waals surface area contributed by atoms with E-state index < -0.39 is 0 Å². The molecule has 18 heavy (non-hydrogen) atoms. The van der Waals surface area contributed by atoms with E-state index in [4.69, 9.17) is 10.5 Å². The average Bonchev–Trinajstić information content (AvgIpc) is 3.18. The Morgan fingerprint density at radius 1 is 1.17 bits per heavy atom. The predicted molar refractivity (Wildman–Crippen MR) is 68.1 cm³/mol. The number of nitrogens with zero attached hydrogens (tertiary/aromatic N) is 3. The smallest absolute Gasteiger partial charge is 0.147 e. The number of ether oxygens (including phenoxy) is 1. The van der Waals surface area contributed by atoms with Crippen LogP contribution in [-0.2, 0) is 17.7 Å². The fraction of sp³-hybridized carbons (Fsp3) is 0.846. The Morgan fingerprint density at radius 3 is 2.67 bits per heavy atom. The number of hydrogen-bond donors (Lipinski definition) is 1. The van der Waals surface area contributed by atoms with Gasteiger partial charge in [0, 0.05) is 19.1 Å². The van der Waals surface area contributed by atoms with Crippen LogP contribution in [0.15, 0.2) is 0 Å². The van der Waals surface area contributed by atoms with E-state index in [1.165, 1.54) is 32.1 Å². The van der Waals surface area contributed by atoms with Gasteiger partial charge in [-0.1, -0.05) is 0 Å². The molecule has 5 nitrogen and oxygen atoms in total. The summed E-state index contributed by atoms with van der Waals surface area (Å²) in [7, 11) is 0. The van der Waals surface area contributed by atoms with Gasteiger partial charge in [0.25, 0.3) is 0 Å². The van der Waals surface area contributed by atoms with Gasteiger partial charge >= 0.3 is 0 Å². The van der Waals surface area contributed by atoms with Gasteiger partial charge in [0.2, 0.25) is 0 Å². The highest BCUT2D eigenvalue weighted by Gasteiger charge is 2.29. The van der Waals surface area contributed by atoms with Crippen molar-refractivity contribution < 1.29 is 4.74 Å². The summed E-state index contributed by atoms with van der Waals surface area (Å²) in [5, 5.41) is 8.52. The van der Waals surface area contributed by atoms with Gasteiger partial charge in [0.1, 0.15) is 11.6 Å². The molecule has 0 bridgehead atoms. The molecule has 1 aliphatic heterocycles. The van der Waals surface area contributed by atoms with Crippen LogP contribution in [0.1, 0.15) is 56.2 Å². The first kappa shape index (κ1) is 12.1. The summed E-state index contributed by atoms with van der Waals surface area (Å²) < 4.78 is 8.03. The summed E-state index contributed by atoms with van der Waals surface area (Å²) >= 11 is 0. The first-order chi connectivity index (χ1) is 8.88. The normalized spacial score (nSPS) is 24.4. The van der Waals surface area contributed by atoms with Crippen LogP contribution in [0.3, 0.4) is 0 Å². The third-order valence-electron chi connectivity index (χ3n) is 3.90. The molecule has 1 aromatic rings. The highest BCUT2D eigenvalue weighted by Crippen LogP contribution is 2.36. The molecule has 0 aromatic carbocycles. The maximum atomic E-state index is 5.77. The van der Waals surface area contributed by atoms with Gasteiger partial charge in [-0.15, -0.1) is 10.2 Å². The quantitative estimate of drug-likeness (QED) is 0.861. The Morgan fingerprint density at radius 2 is 2.00 bits per heavy atom. The third-order valence-corrected chi connectivity index (χ3v) is 3.90. The van der Waals surface area contributed by atoms with E-state index in [1.807, 2.05) is 0 Å². The van der Waals surface area contributed by atoms with E-state index in [2.05, 4.69) is 14.8 Å². The Balaban J connectivity index is 1.63. The van der Waals surface area contributed by atoms with Gasteiger partial charge in [-0.3, -0.25) is 0 Å². The first-order valence-electron chi connectivity index (χ1n) is 7.13. The van der Waals surface area contributed by atoms with Crippen molar-refractivity contribution in [2.24, 2.45) is 5.73 Å². The minimum absolute atomic E-state index is 0.421. The van der Waals surface area contributed by atoms with Crippen LogP contribution >= 0.6 is 0 Å². The first-order valence-corrected chi connectivity index (χ1v) is 7.13. The van der Waals surface area contributed by atoms with Gasteiger partial charge in [-0.25, -0.2) is 0 Å². The Labute approximate surface area is 108 Å². The largest absolute Gasteiger partial charge is 0.378 e. The monoisotopic (exact) mass is 250 g/mol. The maximum absolute atomic E-state index is 5.77. The number of hydrogen-bond acceptors (Lipinski definition) is 4. The molecule has 1 atom stereocenters. The third kappa shape index (κ3) is 2.57. The van der Waals surface area contributed by atoms with Crippen LogP contribution in [0.4, 0.5) is 0 Å². The topological polar surface area (TPSA) is 66.0 Å². The van der Waals surface area contributed by atoms with Gasteiger partial charge in [-0.2, -0.15) is 0 Å². The Bertz CT molecular complexity index is 394. The Hall–Kier alpha value is -0.940. The molecule has 1 aromatic heterocycles. The lowest BCUT2D eigenvalue weighted by Crippen LogP contribution is -2.20. The molecule has 1 saturated carbocycles. The average molecular weight is 250 g/mol. The number of aromatic nitrogens is 3. The van der Waals surface area contributed by atoms with Gasteiger partial charge < -0.3 is 15.0 Å². The lowest BCUT2D eigenvalue weighted by atomic mass is 10.0. The summed E-state index contributed by atoms with van der Waals surface area (Å²) in [4.78, 5) is 0. The second-order valence-corrected chi connectivity index (χ2v) is 5.37. The second kappa shape index (κ2) is 5.36. The van der Waals surface area contributed by atoms with Crippen LogP contribution < -0.4 is 5.73 Å². The number of nitrogens with two attached hydrogens (primary N) is 1. The lowest BCUT2D eigenvalue weighted by Gasteiger charge is -2.22. The van der Waals surface area contributed by atoms with Crippen LogP contribution in [0.2, 0.25) is 0 Å². The van der Waals surface area contributed by atoms with Crippen molar-refractivity contribution in [2.75, 3.05) is 6.61 Å². The standard InChI is InChI=1S/C13H22N4O/c14-9-13-16-15-12(17(13)10-4-5-10)7-6-11-3-1-2-8-18-11/h10-11H,1-9,14H2. The van der Waals surface area contributed by atoms with Gasteiger partial charge in [0.05, 0.1) is 12.6 Å². The lowest BCUT2D eigenvalue weighted by molar-refractivity contribution is 0.0111. The molecular weight excluding hydrogens is 228 g/mol. The van der Waals surface area contributed by atoms with Crippen molar-refractivity contribution in [3.05, 3.63) is 11.6 Å². The van der Waals surface area contributed by atoms with E-state index in [0.717, 1.165) is 31.1 Å². The number of rotatable bonds is 5. The predicted octanol–water partition coefficient (Wildman–Crippen LogP) is 1.57. The minimum Gasteiger partial charge on any atom is -0.378 e. The molecule has 1 saturated heterocycles. The van der Waals surface area contributed by atoms with Gasteiger partial charge in [0.15, 0.2) is 0 Å². The summed E-state index contributed by atoms with van der Waals surface area (Å²) in [6.45, 7) is 1.41. The molecule has 0 radical (unpaired) electrons. The molecule has 1 unspecified atom stereocenters. The molecule has 2 aliphatic rings. The van der Waals surface area contributed by atoms with Crippen molar-refractivity contribution in [1.29, 1.82) is 0 Å². The van der Waals surface area contributed by atoms with Crippen molar-refractivity contribution in [3.8, 4) is 0 Å². The molecule has 1 aliphatic carbocycles. The molecule has 2 N–H and O–H groups in total. The van der Waals surface area contributed by atoms with Crippen molar-refractivity contribution >= 4 is 0 Å². The van der Waals surface area contributed by atoms with Crippen LogP contribution in [0.5, 0.6) is 0 Å². The SMILES string of the molecule is NCc1nnc(CCC2CCCCO2)n1C1CC1. The van der Waals surface area contributed by atoms with E-state index in [9.17, 15) is 0 Å². The van der Waals surface area contributed by atoms with E-state index in [0.29, 0.717) is 18.7 Å². The summed E-state index contributed by atoms with van der Waals surface area (Å²) in [5.74, 6) is 2.05. The summed E-state index contributed by atoms with van der Waals surface area (Å²) in [5.41, 5.74) is 5.72. The highest BCUT2D eigenvalue weighted by molar-refractivity contribution is 5.03. The Kier molecular flexibility index (Phi) is 3.61. The highest BCUT2D eigenvalue weighted by atomic mass is 16.5. The van der Waals surface area contributed by atoms with Gasteiger partial charge in [-0.05, 0) is 38.5 Å². The molecular formula is C13H22N4O. The number of aryl methyl sites for hydroxylation is 1. The van der Waals surface area contributed by atoms with Crippen molar-refractivity contribution in [2.45, 2.75) is 63.6 Å². The van der Waals surface area contributed by atoms with Crippen LogP contribution in [0, 0.1) is 0 Å². The molecule has 100 valence electrons. The summed E-state index contributed by atoms with van der Waals surface area (Å²) in [6.07, 6.45) is 8.66. The van der Waals surface area contributed by atoms with Crippen molar-refractivity contribution in [1.82, 2.24) is 14.8 Å². The molecule has 2 heterocycles. The molecule has 5 heteroatoms. The fourth-order valence-corrected chi connectivity index (χ4v) is 2.75. The van der Waals surface area contributed by atoms with Crippen LogP contribution in [0.25, 0.3) is 0 Å². The summed E-state index contributed by atoms with van der Waals surface area (Å²) in [6, 6.07) is 0.612. The minimum atomic E-state index is 0.421. The van der Waals surface area contributed by atoms with E-state index in [1.54, 1.807) is 0 Å². The van der Waals surface area contributed by atoms with E-state index >= 15 is 0 Å². The fourth-order valence-electron chi connectivity index (χ4n) is 2.75. The van der Waals surface area contributed by atoms with E-state index in [-0.39, 0.29) is 0 Å². The van der Waals surface area contributed by atoms with Crippen LogP contribution in [-0.4, -0.2) is 27.5 Å².